The van der Waals surface area contributed by atoms with Crippen molar-refractivity contribution >= 4 is 5.91 Å². The number of likely N-dealkylation sites (N-methyl/N-ethyl adjacent to an activating group) is 1. The average Bonchev–Trinajstić information content (AvgIpc) is 2.73. The van der Waals surface area contributed by atoms with E-state index >= 15 is 0 Å². The Labute approximate surface area is 121 Å². The largest absolute Gasteiger partial charge is 0.480 e. The molecule has 4 heteroatoms. The number of ether oxygens (including phenoxy) is 1. The zero-order chi connectivity index (χ0) is 14.7. The highest BCUT2D eigenvalue weighted by Gasteiger charge is 2.31. The molecule has 0 radical (unpaired) electrons. The first kappa shape index (κ1) is 14.9. The third-order valence-electron chi connectivity index (χ3n) is 3.86. The summed E-state index contributed by atoms with van der Waals surface area (Å²) in [5.41, 5.74) is 2.32. The maximum atomic E-state index is 11.9. The molecule has 4 nitrogen and oxygen atoms in total. The van der Waals surface area contributed by atoms with Gasteiger partial charge in [0.15, 0.2) is 6.10 Å². The highest BCUT2D eigenvalue weighted by molar-refractivity contribution is 5.83. The summed E-state index contributed by atoms with van der Waals surface area (Å²) in [6.07, 6.45) is 0.445. The second-order valence-corrected chi connectivity index (χ2v) is 5.46. The Hall–Kier alpha value is -1.55. The molecule has 1 fully saturated rings. The van der Waals surface area contributed by atoms with Gasteiger partial charge < -0.3 is 15.0 Å². The lowest BCUT2D eigenvalue weighted by Gasteiger charge is -2.18. The van der Waals surface area contributed by atoms with Crippen LogP contribution in [0.3, 0.4) is 0 Å². The Morgan fingerprint density at radius 3 is 2.80 bits per heavy atom. The van der Waals surface area contributed by atoms with Gasteiger partial charge in [-0.15, -0.1) is 0 Å². The Kier molecular flexibility index (Phi) is 4.65. The van der Waals surface area contributed by atoms with Gasteiger partial charge in [-0.25, -0.2) is 0 Å². The Bertz CT molecular complexity index is 487. The topological polar surface area (TPSA) is 41.6 Å². The third-order valence-corrected chi connectivity index (χ3v) is 3.86. The smallest absolute Gasteiger partial charge is 0.263 e. The summed E-state index contributed by atoms with van der Waals surface area (Å²) in [6.45, 7) is 8.00. The predicted molar refractivity (Wildman–Crippen MR) is 79.9 cm³/mol. The number of hydrogen-bond donors (Lipinski definition) is 1. The van der Waals surface area contributed by atoms with Crippen LogP contribution in [0.5, 0.6) is 5.75 Å². The molecule has 0 aliphatic carbocycles. The first-order valence-corrected chi connectivity index (χ1v) is 7.28. The second kappa shape index (κ2) is 6.27. The summed E-state index contributed by atoms with van der Waals surface area (Å²) >= 11 is 0. The second-order valence-electron chi connectivity index (χ2n) is 5.46. The van der Waals surface area contributed by atoms with Gasteiger partial charge >= 0.3 is 0 Å². The van der Waals surface area contributed by atoms with Crippen LogP contribution in [-0.4, -0.2) is 37.0 Å². The fourth-order valence-electron chi connectivity index (χ4n) is 2.55. The fraction of sp³-hybridized carbons (Fsp3) is 0.562. The van der Waals surface area contributed by atoms with Gasteiger partial charge in [0.25, 0.3) is 5.91 Å². The number of carbonyl (C=O) groups excluding carboxylic acids is 1. The van der Waals surface area contributed by atoms with E-state index in [0.29, 0.717) is 6.04 Å². The number of rotatable bonds is 5. The van der Waals surface area contributed by atoms with Crippen LogP contribution in [-0.2, 0) is 4.79 Å². The molecule has 0 saturated carbocycles. The van der Waals surface area contributed by atoms with Crippen molar-refractivity contribution in [3.63, 3.8) is 0 Å². The maximum Gasteiger partial charge on any atom is 0.263 e. The molecule has 0 bridgehead atoms. The number of hydrogen-bond acceptors (Lipinski definition) is 3. The molecular formula is C16H24N2O2. The summed E-state index contributed by atoms with van der Waals surface area (Å²) in [5.74, 6) is 0.889. The standard InChI is InChI=1S/C16H24N2O2/c1-5-17-12(3)13-6-7-14(11(2)10-13)20-15-8-9-18(4)16(15)19/h6-7,10,12,15,17H,5,8-9H2,1-4H3. The van der Waals surface area contributed by atoms with Gasteiger partial charge in [-0.2, -0.15) is 0 Å². The van der Waals surface area contributed by atoms with Gasteiger partial charge in [-0.3, -0.25) is 4.79 Å². The molecule has 110 valence electrons. The molecule has 1 aromatic rings. The van der Waals surface area contributed by atoms with Crippen LogP contribution in [0.25, 0.3) is 0 Å². The van der Waals surface area contributed by atoms with E-state index in [1.54, 1.807) is 4.90 Å². The molecule has 1 N–H and O–H groups in total. The molecule has 1 aromatic carbocycles. The number of benzene rings is 1. The number of amides is 1. The molecule has 1 amide bonds. The highest BCUT2D eigenvalue weighted by Crippen LogP contribution is 2.25. The van der Waals surface area contributed by atoms with Crippen LogP contribution in [0.2, 0.25) is 0 Å². The zero-order valence-electron chi connectivity index (χ0n) is 12.8. The Balaban J connectivity index is 2.08. The van der Waals surface area contributed by atoms with Gasteiger partial charge in [0, 0.05) is 26.1 Å². The van der Waals surface area contributed by atoms with Crippen molar-refractivity contribution in [3.8, 4) is 5.75 Å². The molecule has 0 spiro atoms. The van der Waals surface area contributed by atoms with Crippen LogP contribution in [0.15, 0.2) is 18.2 Å². The Morgan fingerprint density at radius 1 is 1.50 bits per heavy atom. The molecule has 2 rings (SSSR count). The normalized spacial score (nSPS) is 20.3. The van der Waals surface area contributed by atoms with E-state index < -0.39 is 0 Å². The quantitative estimate of drug-likeness (QED) is 0.897. The number of nitrogens with zero attached hydrogens (tertiary/aromatic N) is 1. The van der Waals surface area contributed by atoms with Crippen molar-refractivity contribution in [1.29, 1.82) is 0 Å². The minimum Gasteiger partial charge on any atom is -0.480 e. The highest BCUT2D eigenvalue weighted by atomic mass is 16.5. The number of nitrogens with one attached hydrogen (secondary N) is 1. The molecule has 1 aliphatic rings. The molecule has 1 aliphatic heterocycles. The van der Waals surface area contributed by atoms with Crippen LogP contribution in [0.1, 0.15) is 37.4 Å². The number of likely N-dealkylation sites (tertiary alicyclic amines) is 1. The van der Waals surface area contributed by atoms with E-state index in [4.69, 9.17) is 4.74 Å². The third kappa shape index (κ3) is 3.12. The van der Waals surface area contributed by atoms with E-state index in [1.165, 1.54) is 5.56 Å². The lowest BCUT2D eigenvalue weighted by atomic mass is 10.0. The molecule has 2 unspecified atom stereocenters. The number of carbonyl (C=O) groups is 1. The first-order chi connectivity index (χ1) is 9.52. The summed E-state index contributed by atoms with van der Waals surface area (Å²) < 4.78 is 5.87. The van der Waals surface area contributed by atoms with Crippen molar-refractivity contribution in [3.05, 3.63) is 29.3 Å². The summed E-state index contributed by atoms with van der Waals surface area (Å²) in [7, 11) is 1.82. The molecule has 1 heterocycles. The van der Waals surface area contributed by atoms with E-state index in [2.05, 4.69) is 31.3 Å². The minimum atomic E-state index is -0.323. The van der Waals surface area contributed by atoms with E-state index in [1.807, 2.05) is 20.0 Å². The van der Waals surface area contributed by atoms with E-state index in [0.717, 1.165) is 30.8 Å². The molecule has 2 atom stereocenters. The monoisotopic (exact) mass is 276 g/mol. The zero-order valence-corrected chi connectivity index (χ0v) is 12.8. The predicted octanol–water partition coefficient (Wildman–Crippen LogP) is 2.28. The van der Waals surface area contributed by atoms with Crippen molar-refractivity contribution in [1.82, 2.24) is 10.2 Å². The van der Waals surface area contributed by atoms with Gasteiger partial charge in [0.2, 0.25) is 0 Å². The molecule has 20 heavy (non-hydrogen) atoms. The van der Waals surface area contributed by atoms with Crippen LogP contribution in [0.4, 0.5) is 0 Å². The summed E-state index contributed by atoms with van der Waals surface area (Å²) in [6, 6.07) is 6.50. The SMILES string of the molecule is CCNC(C)c1ccc(OC2CCN(C)C2=O)c(C)c1. The molecule has 0 aromatic heterocycles. The summed E-state index contributed by atoms with van der Waals surface area (Å²) in [5, 5.41) is 3.39. The van der Waals surface area contributed by atoms with Crippen molar-refractivity contribution < 1.29 is 9.53 Å². The van der Waals surface area contributed by atoms with Gasteiger partial charge in [-0.05, 0) is 37.6 Å². The van der Waals surface area contributed by atoms with Crippen molar-refractivity contribution in [2.75, 3.05) is 20.1 Å². The average molecular weight is 276 g/mol. The molecular weight excluding hydrogens is 252 g/mol. The van der Waals surface area contributed by atoms with Gasteiger partial charge in [-0.1, -0.05) is 19.1 Å². The summed E-state index contributed by atoms with van der Waals surface area (Å²) in [4.78, 5) is 13.6. The van der Waals surface area contributed by atoms with E-state index in [-0.39, 0.29) is 12.0 Å². The fourth-order valence-corrected chi connectivity index (χ4v) is 2.55. The van der Waals surface area contributed by atoms with Crippen molar-refractivity contribution in [2.24, 2.45) is 0 Å². The maximum absolute atomic E-state index is 11.9. The van der Waals surface area contributed by atoms with Crippen LogP contribution < -0.4 is 10.1 Å². The van der Waals surface area contributed by atoms with Gasteiger partial charge in [0.1, 0.15) is 5.75 Å². The van der Waals surface area contributed by atoms with Crippen LogP contribution >= 0.6 is 0 Å². The minimum absolute atomic E-state index is 0.0782. The Morgan fingerprint density at radius 2 is 2.25 bits per heavy atom. The lowest BCUT2D eigenvalue weighted by Crippen LogP contribution is -2.29. The van der Waals surface area contributed by atoms with Gasteiger partial charge in [0.05, 0.1) is 0 Å². The number of aryl methyl sites for hydroxylation is 1. The van der Waals surface area contributed by atoms with E-state index in [9.17, 15) is 4.79 Å². The van der Waals surface area contributed by atoms with Crippen LogP contribution in [0, 0.1) is 6.92 Å². The lowest BCUT2D eigenvalue weighted by molar-refractivity contribution is -0.132. The first-order valence-electron chi connectivity index (χ1n) is 7.28. The van der Waals surface area contributed by atoms with Crippen molar-refractivity contribution in [2.45, 2.75) is 39.3 Å². The molecule has 1 saturated heterocycles.